The fourth-order valence-electron chi connectivity index (χ4n) is 5.20. The molecule has 2 aromatic carbocycles. The highest BCUT2D eigenvalue weighted by molar-refractivity contribution is 6.77. The van der Waals surface area contributed by atoms with Gasteiger partial charge in [-0.1, -0.05) is 83.3 Å². The van der Waals surface area contributed by atoms with E-state index in [1.165, 1.54) is 43.8 Å². The zero-order valence-electron chi connectivity index (χ0n) is 23.8. The van der Waals surface area contributed by atoms with E-state index in [0.717, 1.165) is 44.4 Å². The summed E-state index contributed by atoms with van der Waals surface area (Å²) < 4.78 is 40.8. The van der Waals surface area contributed by atoms with Crippen LogP contribution in [0.1, 0.15) is 78.1 Å². The number of rotatable bonds is 14. The SMILES string of the molecule is CCCCCC1CCC(C(=O)Oc2ccc(-c3ccc(OCCCC[Si](C)(C)CC)c(F)c3F)cc2)CC1. The van der Waals surface area contributed by atoms with Gasteiger partial charge < -0.3 is 9.47 Å². The van der Waals surface area contributed by atoms with Gasteiger partial charge in [0.2, 0.25) is 5.82 Å². The van der Waals surface area contributed by atoms with Gasteiger partial charge in [-0.05, 0) is 67.9 Å². The van der Waals surface area contributed by atoms with E-state index in [-0.39, 0.29) is 23.2 Å². The lowest BCUT2D eigenvalue weighted by Gasteiger charge is -2.27. The number of hydrogen-bond acceptors (Lipinski definition) is 3. The van der Waals surface area contributed by atoms with E-state index < -0.39 is 19.7 Å². The van der Waals surface area contributed by atoms with Crippen LogP contribution in [0.4, 0.5) is 8.78 Å². The Morgan fingerprint density at radius 1 is 0.895 bits per heavy atom. The number of benzene rings is 2. The maximum atomic E-state index is 14.9. The molecule has 0 atom stereocenters. The first kappa shape index (κ1) is 30.3. The van der Waals surface area contributed by atoms with E-state index in [4.69, 9.17) is 9.47 Å². The summed E-state index contributed by atoms with van der Waals surface area (Å²) in [6.07, 6.45) is 10.9. The molecule has 1 aliphatic carbocycles. The third kappa shape index (κ3) is 8.93. The summed E-state index contributed by atoms with van der Waals surface area (Å²) in [7, 11) is -1.12. The zero-order chi connectivity index (χ0) is 27.5. The highest BCUT2D eigenvalue weighted by Gasteiger charge is 2.27. The van der Waals surface area contributed by atoms with Gasteiger partial charge in [0.15, 0.2) is 11.6 Å². The molecule has 0 amide bonds. The van der Waals surface area contributed by atoms with Crippen molar-refractivity contribution in [3.05, 3.63) is 48.0 Å². The minimum atomic E-state index is -1.12. The molecule has 0 unspecified atom stereocenters. The van der Waals surface area contributed by atoms with Crippen LogP contribution in [0.5, 0.6) is 11.5 Å². The molecule has 6 heteroatoms. The average Bonchev–Trinajstić information content (AvgIpc) is 2.92. The first-order valence-electron chi connectivity index (χ1n) is 14.7. The van der Waals surface area contributed by atoms with Crippen LogP contribution in [0.2, 0.25) is 25.2 Å². The predicted octanol–water partition coefficient (Wildman–Crippen LogP) is 9.81. The molecule has 1 fully saturated rings. The number of unbranched alkanes of at least 4 members (excludes halogenated alkanes) is 3. The molecule has 0 bridgehead atoms. The molecular formula is C32H46F2O3Si. The van der Waals surface area contributed by atoms with Crippen molar-refractivity contribution in [3.8, 4) is 22.6 Å². The van der Waals surface area contributed by atoms with Crippen LogP contribution in [0.25, 0.3) is 11.1 Å². The van der Waals surface area contributed by atoms with Crippen LogP contribution in [-0.2, 0) is 4.79 Å². The van der Waals surface area contributed by atoms with Crippen molar-refractivity contribution in [2.45, 2.75) is 103 Å². The standard InChI is InChI=1S/C32H46F2O3Si/c1-5-7-8-11-24-12-14-26(15-13-24)32(35)37-27-18-16-25(17-19-27)28-20-21-29(31(34)30(28)33)36-22-9-10-23-38(3,4)6-2/h16-21,24,26H,5-15,22-23H2,1-4H3. The molecule has 2 aromatic rings. The summed E-state index contributed by atoms with van der Waals surface area (Å²) in [6, 6.07) is 12.1. The minimum Gasteiger partial charge on any atom is -0.490 e. The molecule has 0 radical (unpaired) electrons. The summed E-state index contributed by atoms with van der Waals surface area (Å²) in [5.74, 6) is -1.03. The second-order valence-corrected chi connectivity index (χ2v) is 17.3. The van der Waals surface area contributed by atoms with E-state index in [9.17, 15) is 13.6 Å². The average molecular weight is 545 g/mol. The maximum Gasteiger partial charge on any atom is 0.314 e. The molecule has 1 saturated carbocycles. The summed E-state index contributed by atoms with van der Waals surface area (Å²) in [5.41, 5.74) is 0.678. The lowest BCUT2D eigenvalue weighted by molar-refractivity contribution is -0.140. The van der Waals surface area contributed by atoms with Crippen molar-refractivity contribution in [1.82, 2.24) is 0 Å². The number of halogens is 2. The minimum absolute atomic E-state index is 0.0520. The van der Waals surface area contributed by atoms with Crippen LogP contribution in [0, 0.1) is 23.5 Å². The van der Waals surface area contributed by atoms with Crippen molar-refractivity contribution in [3.63, 3.8) is 0 Å². The van der Waals surface area contributed by atoms with Gasteiger partial charge in [0.1, 0.15) is 5.75 Å². The number of hydrogen-bond donors (Lipinski definition) is 0. The lowest BCUT2D eigenvalue weighted by atomic mass is 9.80. The molecule has 0 aromatic heterocycles. The third-order valence-electron chi connectivity index (χ3n) is 8.29. The molecule has 3 nitrogen and oxygen atoms in total. The fraction of sp³-hybridized carbons (Fsp3) is 0.594. The highest BCUT2D eigenvalue weighted by Crippen LogP contribution is 2.34. The topological polar surface area (TPSA) is 35.5 Å². The molecule has 3 rings (SSSR count). The van der Waals surface area contributed by atoms with Gasteiger partial charge >= 0.3 is 5.97 Å². The number of ether oxygens (including phenoxy) is 2. The van der Waals surface area contributed by atoms with E-state index in [1.807, 2.05) is 0 Å². The van der Waals surface area contributed by atoms with Crippen molar-refractivity contribution in [2.75, 3.05) is 6.61 Å². The third-order valence-corrected chi connectivity index (χ3v) is 11.9. The number of carbonyl (C=O) groups excluding carboxylic acids is 1. The Hall–Kier alpha value is -2.21. The van der Waals surface area contributed by atoms with Crippen molar-refractivity contribution < 1.29 is 23.0 Å². The smallest absolute Gasteiger partial charge is 0.314 e. The summed E-state index contributed by atoms with van der Waals surface area (Å²) in [6.45, 7) is 9.59. The van der Waals surface area contributed by atoms with Crippen LogP contribution < -0.4 is 9.47 Å². The highest BCUT2D eigenvalue weighted by atomic mass is 28.3. The van der Waals surface area contributed by atoms with Gasteiger partial charge in [0.25, 0.3) is 0 Å². The quantitative estimate of drug-likeness (QED) is 0.103. The molecule has 210 valence electrons. The fourth-order valence-corrected chi connectivity index (χ4v) is 6.76. The van der Waals surface area contributed by atoms with Crippen LogP contribution >= 0.6 is 0 Å². The second kappa shape index (κ2) is 14.8. The Balaban J connectivity index is 1.50. The number of carbonyl (C=O) groups is 1. The monoisotopic (exact) mass is 544 g/mol. The van der Waals surface area contributed by atoms with Gasteiger partial charge in [-0.15, -0.1) is 0 Å². The normalized spacial score (nSPS) is 17.8. The first-order valence-corrected chi connectivity index (χ1v) is 18.1. The van der Waals surface area contributed by atoms with Gasteiger partial charge in [-0.3, -0.25) is 4.79 Å². The van der Waals surface area contributed by atoms with Gasteiger partial charge in [-0.25, -0.2) is 4.39 Å². The van der Waals surface area contributed by atoms with Crippen molar-refractivity contribution in [2.24, 2.45) is 11.8 Å². The van der Waals surface area contributed by atoms with E-state index in [0.29, 0.717) is 17.9 Å². The van der Waals surface area contributed by atoms with Crippen LogP contribution in [0.15, 0.2) is 36.4 Å². The van der Waals surface area contributed by atoms with E-state index in [2.05, 4.69) is 26.9 Å². The van der Waals surface area contributed by atoms with Crippen molar-refractivity contribution in [1.29, 1.82) is 0 Å². The van der Waals surface area contributed by atoms with Gasteiger partial charge in [0, 0.05) is 13.6 Å². The molecule has 38 heavy (non-hydrogen) atoms. The molecule has 0 spiro atoms. The molecule has 0 N–H and O–H groups in total. The predicted molar refractivity (Wildman–Crippen MR) is 155 cm³/mol. The first-order chi connectivity index (χ1) is 18.2. The van der Waals surface area contributed by atoms with Gasteiger partial charge in [-0.2, -0.15) is 4.39 Å². The zero-order valence-corrected chi connectivity index (χ0v) is 24.8. The van der Waals surface area contributed by atoms with Crippen LogP contribution in [-0.4, -0.2) is 20.7 Å². The Bertz CT molecular complexity index is 1010. The van der Waals surface area contributed by atoms with Crippen molar-refractivity contribution >= 4 is 14.0 Å². The Labute approximate surface area is 229 Å². The number of esters is 1. The lowest BCUT2D eigenvalue weighted by Crippen LogP contribution is -2.25. The van der Waals surface area contributed by atoms with Gasteiger partial charge in [0.05, 0.1) is 12.5 Å². The molecule has 1 aliphatic rings. The Kier molecular flexibility index (Phi) is 11.8. The Morgan fingerprint density at radius 3 is 2.26 bits per heavy atom. The largest absolute Gasteiger partial charge is 0.490 e. The maximum absolute atomic E-state index is 14.9. The molecular weight excluding hydrogens is 498 g/mol. The molecule has 0 heterocycles. The second-order valence-electron chi connectivity index (χ2n) is 11.7. The molecule has 0 saturated heterocycles. The Morgan fingerprint density at radius 2 is 1.61 bits per heavy atom. The summed E-state index contributed by atoms with van der Waals surface area (Å²) in [5, 5.41) is 0. The van der Waals surface area contributed by atoms with E-state index in [1.54, 1.807) is 30.3 Å². The summed E-state index contributed by atoms with van der Waals surface area (Å²) >= 11 is 0. The van der Waals surface area contributed by atoms with Crippen LogP contribution in [0.3, 0.4) is 0 Å². The molecule has 0 aliphatic heterocycles. The van der Waals surface area contributed by atoms with E-state index >= 15 is 0 Å². The summed E-state index contributed by atoms with van der Waals surface area (Å²) in [4.78, 5) is 12.7.